The summed E-state index contributed by atoms with van der Waals surface area (Å²) in [5, 5.41) is 49.4. The Bertz CT molecular complexity index is 1420. The molecule has 7 N–H and O–H groups in total. The highest BCUT2D eigenvalue weighted by atomic mass is 16.3. The smallest absolute Gasteiger partial charge is 0.255 e. The van der Waals surface area contributed by atoms with Crippen molar-refractivity contribution in [2.75, 3.05) is 32.1 Å². The van der Waals surface area contributed by atoms with E-state index >= 15 is 0 Å². The van der Waals surface area contributed by atoms with Crippen LogP contribution in [0.3, 0.4) is 0 Å². The molecule has 11 nitrogen and oxygen atoms in total. The molecule has 4 rings (SSSR count). The van der Waals surface area contributed by atoms with Gasteiger partial charge in [-0.15, -0.1) is 0 Å². The van der Waals surface area contributed by atoms with Crippen LogP contribution >= 0.6 is 0 Å². The molecule has 1 aromatic rings. The average molecular weight is 599 g/mol. The fourth-order valence-corrected chi connectivity index (χ4v) is 7.01. The minimum Gasteiger partial charge on any atom is -0.508 e. The van der Waals surface area contributed by atoms with Gasteiger partial charge in [0.2, 0.25) is 5.78 Å². The van der Waals surface area contributed by atoms with Gasteiger partial charge in [-0.3, -0.25) is 19.3 Å². The summed E-state index contributed by atoms with van der Waals surface area (Å²) in [4.78, 5) is 43.3. The van der Waals surface area contributed by atoms with E-state index in [1.165, 1.54) is 4.90 Å². The molecule has 0 saturated heterocycles. The summed E-state index contributed by atoms with van der Waals surface area (Å²) < 4.78 is 0. The van der Waals surface area contributed by atoms with Crippen molar-refractivity contribution >= 4 is 28.9 Å². The molecule has 43 heavy (non-hydrogen) atoms. The van der Waals surface area contributed by atoms with Crippen molar-refractivity contribution in [2.45, 2.75) is 78.6 Å². The first kappa shape index (κ1) is 32.5. The molecule has 1 aromatic carbocycles. The Balaban J connectivity index is 1.94. The number of aliphatic hydroxyl groups excluding tert-OH is 2. The van der Waals surface area contributed by atoms with Crippen LogP contribution in [0, 0.1) is 17.3 Å². The number of aliphatic hydroxyl groups is 3. The standard InChI is InChI=1S/C32H46N4O7/c1-9-36(10-2)24-17(14-34-15(3)31(4,5)6)13-20(37)22-18(24)11-16-12-19-25(35(7)8)27(39)23(30(33)42)29(41)32(19,43)28(40)21(16)26(22)38/h13,15-16,19,25,34,37-38,41,43H,9-12,14H2,1-8H3,(H2,33,42)/t15-,16+,19+,25+,32+/m1/s1. The van der Waals surface area contributed by atoms with Crippen LogP contribution in [0.25, 0.3) is 5.76 Å². The molecule has 0 heterocycles. The maximum atomic E-state index is 14.1. The van der Waals surface area contributed by atoms with Gasteiger partial charge < -0.3 is 36.4 Å². The highest BCUT2D eigenvalue weighted by Gasteiger charge is 2.64. The van der Waals surface area contributed by atoms with Crippen molar-refractivity contribution in [2.24, 2.45) is 23.0 Å². The highest BCUT2D eigenvalue weighted by Crippen LogP contribution is 2.54. The highest BCUT2D eigenvalue weighted by molar-refractivity contribution is 6.24. The number of carbonyl (C=O) groups excluding carboxylic acids is 3. The van der Waals surface area contributed by atoms with Crippen molar-refractivity contribution in [3.8, 4) is 5.75 Å². The van der Waals surface area contributed by atoms with Gasteiger partial charge in [-0.05, 0) is 76.2 Å². The van der Waals surface area contributed by atoms with Crippen molar-refractivity contribution in [3.05, 3.63) is 39.7 Å². The van der Waals surface area contributed by atoms with E-state index in [9.17, 15) is 34.8 Å². The second-order valence-corrected chi connectivity index (χ2v) is 13.4. The molecule has 1 saturated carbocycles. The number of benzene rings is 1. The molecule has 0 radical (unpaired) electrons. The van der Waals surface area contributed by atoms with Crippen molar-refractivity contribution in [3.63, 3.8) is 0 Å². The number of likely N-dealkylation sites (N-methyl/N-ethyl adjacent to an activating group) is 1. The van der Waals surface area contributed by atoms with Gasteiger partial charge in [-0.25, -0.2) is 0 Å². The molecule has 0 aliphatic heterocycles. The van der Waals surface area contributed by atoms with Crippen molar-refractivity contribution in [1.29, 1.82) is 0 Å². The summed E-state index contributed by atoms with van der Waals surface area (Å²) in [7, 11) is 3.17. The molecule has 5 atom stereocenters. The van der Waals surface area contributed by atoms with Crippen molar-refractivity contribution in [1.82, 2.24) is 10.2 Å². The number of hydrogen-bond acceptors (Lipinski definition) is 10. The maximum absolute atomic E-state index is 14.1. The van der Waals surface area contributed by atoms with Crippen LogP contribution in [0.1, 0.15) is 64.7 Å². The van der Waals surface area contributed by atoms with Gasteiger partial charge >= 0.3 is 0 Å². The minimum atomic E-state index is -2.66. The normalized spacial score (nSPS) is 26.3. The van der Waals surface area contributed by atoms with E-state index in [1.807, 2.05) is 13.8 Å². The molecular formula is C32H46N4O7. The van der Waals surface area contributed by atoms with Crippen LogP contribution in [0.15, 0.2) is 23.0 Å². The van der Waals surface area contributed by atoms with Crippen LogP contribution in [-0.4, -0.2) is 87.7 Å². The summed E-state index contributed by atoms with van der Waals surface area (Å²) in [6.07, 6.45) is 0.296. The Labute approximate surface area is 253 Å². The van der Waals surface area contributed by atoms with Crippen LogP contribution in [-0.2, 0) is 27.3 Å². The molecule has 3 aliphatic rings. The number of hydrogen-bond donors (Lipinski definition) is 6. The number of ketones is 2. The number of nitrogens with zero attached hydrogens (tertiary/aromatic N) is 2. The predicted octanol–water partition coefficient (Wildman–Crippen LogP) is 2.33. The first-order valence-electron chi connectivity index (χ1n) is 14.9. The number of nitrogens with two attached hydrogens (primary N) is 1. The van der Waals surface area contributed by atoms with Gasteiger partial charge in [0.15, 0.2) is 11.4 Å². The second kappa shape index (κ2) is 11.3. The van der Waals surface area contributed by atoms with Gasteiger partial charge in [-0.2, -0.15) is 0 Å². The second-order valence-electron chi connectivity index (χ2n) is 13.4. The van der Waals surface area contributed by atoms with Crippen LogP contribution in [0.5, 0.6) is 5.75 Å². The summed E-state index contributed by atoms with van der Waals surface area (Å²) in [5.41, 5.74) is 4.25. The first-order valence-corrected chi connectivity index (χ1v) is 14.9. The number of aromatic hydroxyl groups is 1. The lowest BCUT2D eigenvalue weighted by molar-refractivity contribution is -0.153. The molecule has 236 valence electrons. The first-order chi connectivity index (χ1) is 19.9. The number of rotatable bonds is 8. The van der Waals surface area contributed by atoms with E-state index in [4.69, 9.17) is 5.73 Å². The van der Waals surface area contributed by atoms with Crippen LogP contribution < -0.4 is 16.0 Å². The van der Waals surface area contributed by atoms with Gasteiger partial charge in [0.05, 0.1) is 11.6 Å². The molecule has 1 fully saturated rings. The molecule has 3 aliphatic carbocycles. The number of fused-ring (bicyclic) bond motifs is 3. The fourth-order valence-electron chi connectivity index (χ4n) is 7.01. The van der Waals surface area contributed by atoms with E-state index in [0.717, 1.165) is 11.3 Å². The van der Waals surface area contributed by atoms with Crippen LogP contribution in [0.4, 0.5) is 5.69 Å². The SMILES string of the molecule is CCN(CC)c1c(CN[C@H](C)C(C)(C)C)cc(O)c2c1C[C@H]1C[C@H]3[C@H](N(C)C)C(=O)C(C(N)=O)=C(O)[C@@]3(O)C(=O)C1=C2O. The van der Waals surface area contributed by atoms with Gasteiger partial charge in [0.1, 0.15) is 22.8 Å². The number of Topliss-reactive ketones (excluding diaryl/α,β-unsaturated/α-hetero) is 2. The summed E-state index contributed by atoms with van der Waals surface area (Å²) in [5.74, 6) is -6.57. The summed E-state index contributed by atoms with van der Waals surface area (Å²) in [6, 6.07) is 0.630. The zero-order valence-electron chi connectivity index (χ0n) is 26.4. The number of primary amides is 1. The number of amides is 1. The molecule has 0 bridgehead atoms. The predicted molar refractivity (Wildman–Crippen MR) is 164 cm³/mol. The Kier molecular flexibility index (Phi) is 8.51. The minimum absolute atomic E-state index is 0.00440. The van der Waals surface area contributed by atoms with Crippen molar-refractivity contribution < 1.29 is 34.8 Å². The number of carbonyl (C=O) groups is 3. The topological polar surface area (TPSA) is 177 Å². The summed E-state index contributed by atoms with van der Waals surface area (Å²) in [6.45, 7) is 14.3. The Morgan fingerprint density at radius 1 is 1.16 bits per heavy atom. The number of phenolic OH excluding ortho intramolecular Hbond substituents is 1. The zero-order valence-corrected chi connectivity index (χ0v) is 26.4. The number of anilines is 1. The molecule has 0 aromatic heterocycles. The van der Waals surface area contributed by atoms with Gasteiger partial charge in [-0.1, -0.05) is 20.8 Å². The maximum Gasteiger partial charge on any atom is 0.255 e. The van der Waals surface area contributed by atoms with E-state index in [0.29, 0.717) is 25.2 Å². The van der Waals surface area contributed by atoms with Crippen LogP contribution in [0.2, 0.25) is 0 Å². The third kappa shape index (κ3) is 5.01. The lowest BCUT2D eigenvalue weighted by Gasteiger charge is -2.50. The Hall–Kier alpha value is -3.41. The third-order valence-electron chi connectivity index (χ3n) is 9.75. The number of nitrogens with one attached hydrogen (secondary N) is 1. The number of phenols is 1. The van der Waals surface area contributed by atoms with Gasteiger partial charge in [0.25, 0.3) is 5.91 Å². The molecule has 11 heteroatoms. The zero-order chi connectivity index (χ0) is 32.3. The Morgan fingerprint density at radius 3 is 2.28 bits per heavy atom. The quantitative estimate of drug-likeness (QED) is 0.244. The molecule has 0 unspecified atom stereocenters. The van der Waals surface area contributed by atoms with E-state index in [-0.39, 0.29) is 41.2 Å². The van der Waals surface area contributed by atoms with E-state index in [1.54, 1.807) is 20.2 Å². The average Bonchev–Trinajstić information content (AvgIpc) is 2.90. The lowest BCUT2D eigenvalue weighted by atomic mass is 9.57. The van der Waals surface area contributed by atoms with E-state index in [2.05, 4.69) is 37.9 Å². The summed E-state index contributed by atoms with van der Waals surface area (Å²) >= 11 is 0. The monoisotopic (exact) mass is 598 g/mol. The Morgan fingerprint density at radius 2 is 1.77 bits per heavy atom. The lowest BCUT2D eigenvalue weighted by Crippen LogP contribution is -2.65. The van der Waals surface area contributed by atoms with Gasteiger partial charge in [0, 0.05) is 42.9 Å². The molecule has 0 spiro atoms. The fraction of sp³-hybridized carbons (Fsp3) is 0.594. The molecule has 1 amide bonds. The third-order valence-corrected chi connectivity index (χ3v) is 9.75. The van der Waals surface area contributed by atoms with E-state index < -0.39 is 58.0 Å². The largest absolute Gasteiger partial charge is 0.508 e. The molecular weight excluding hydrogens is 552 g/mol.